The van der Waals surface area contributed by atoms with Crippen LogP contribution in [0.1, 0.15) is 24.4 Å². The summed E-state index contributed by atoms with van der Waals surface area (Å²) < 4.78 is 1.86. The molecule has 0 unspecified atom stereocenters. The van der Waals surface area contributed by atoms with Crippen LogP contribution in [0.5, 0.6) is 0 Å². The number of hydrogen-bond donors (Lipinski definition) is 0. The highest BCUT2D eigenvalue weighted by Gasteiger charge is 2.27. The van der Waals surface area contributed by atoms with Gasteiger partial charge in [0, 0.05) is 17.9 Å². The summed E-state index contributed by atoms with van der Waals surface area (Å²) >= 11 is 1.55. The molecule has 0 amide bonds. The van der Waals surface area contributed by atoms with Crippen molar-refractivity contribution in [3.05, 3.63) is 39.9 Å². The van der Waals surface area contributed by atoms with Crippen molar-refractivity contribution in [2.45, 2.75) is 29.8 Å². The van der Waals surface area contributed by atoms with Crippen molar-refractivity contribution in [1.29, 1.82) is 0 Å². The third-order valence-electron chi connectivity index (χ3n) is 2.87. The number of aromatic nitrogens is 4. The normalized spacial score (nSPS) is 14.5. The fraction of sp³-hybridized carbons (Fsp3) is 0.364. The number of nitro benzene ring substituents is 1. The SMILES string of the molecule is O=[N+]([O-])c1ccc(CSc2nnnn2C2CC2)cc1. The minimum atomic E-state index is -0.398. The number of rotatable bonds is 5. The Morgan fingerprint density at radius 3 is 2.74 bits per heavy atom. The zero-order chi connectivity index (χ0) is 13.2. The van der Waals surface area contributed by atoms with E-state index in [0.717, 1.165) is 23.6 Å². The second-order valence-electron chi connectivity index (χ2n) is 4.35. The molecule has 1 aromatic carbocycles. The van der Waals surface area contributed by atoms with E-state index < -0.39 is 4.92 Å². The van der Waals surface area contributed by atoms with Crippen LogP contribution in [-0.4, -0.2) is 25.1 Å². The fourth-order valence-corrected chi connectivity index (χ4v) is 2.59. The van der Waals surface area contributed by atoms with Crippen LogP contribution in [-0.2, 0) is 5.75 Å². The van der Waals surface area contributed by atoms with E-state index in [4.69, 9.17) is 0 Å². The molecule has 1 aliphatic carbocycles. The number of benzene rings is 1. The van der Waals surface area contributed by atoms with Crippen LogP contribution in [0.15, 0.2) is 29.4 Å². The van der Waals surface area contributed by atoms with E-state index in [9.17, 15) is 10.1 Å². The van der Waals surface area contributed by atoms with Gasteiger partial charge >= 0.3 is 0 Å². The Bertz CT molecular complexity index is 593. The molecule has 8 heteroatoms. The number of thioether (sulfide) groups is 1. The molecule has 0 N–H and O–H groups in total. The molecule has 2 aromatic rings. The summed E-state index contributed by atoms with van der Waals surface area (Å²) in [5.74, 6) is 0.699. The highest BCUT2D eigenvalue weighted by atomic mass is 32.2. The van der Waals surface area contributed by atoms with E-state index >= 15 is 0 Å². The molecule has 0 bridgehead atoms. The molecule has 98 valence electrons. The Morgan fingerprint density at radius 2 is 2.11 bits per heavy atom. The van der Waals surface area contributed by atoms with Gasteiger partial charge in [0.2, 0.25) is 5.16 Å². The first-order valence-corrected chi connectivity index (χ1v) is 6.86. The number of hydrogen-bond acceptors (Lipinski definition) is 6. The molecule has 0 radical (unpaired) electrons. The van der Waals surface area contributed by atoms with Crippen molar-refractivity contribution >= 4 is 17.4 Å². The van der Waals surface area contributed by atoms with Crippen LogP contribution in [0, 0.1) is 10.1 Å². The number of nitrogens with zero attached hydrogens (tertiary/aromatic N) is 5. The second kappa shape index (κ2) is 4.96. The summed E-state index contributed by atoms with van der Waals surface area (Å²) in [6.45, 7) is 0. The van der Waals surface area contributed by atoms with Crippen LogP contribution < -0.4 is 0 Å². The maximum absolute atomic E-state index is 10.6. The van der Waals surface area contributed by atoms with Gasteiger partial charge in [-0.2, -0.15) is 0 Å². The average Bonchev–Trinajstić information content (AvgIpc) is 3.16. The zero-order valence-corrected chi connectivity index (χ0v) is 10.8. The highest BCUT2D eigenvalue weighted by molar-refractivity contribution is 7.98. The number of nitro groups is 1. The Balaban J connectivity index is 1.65. The molecular weight excluding hydrogens is 266 g/mol. The maximum Gasteiger partial charge on any atom is 0.269 e. The first kappa shape index (κ1) is 12.1. The molecule has 1 saturated carbocycles. The maximum atomic E-state index is 10.6. The quantitative estimate of drug-likeness (QED) is 0.473. The van der Waals surface area contributed by atoms with Gasteiger partial charge in [0.1, 0.15) is 0 Å². The third-order valence-corrected chi connectivity index (χ3v) is 3.88. The molecular formula is C11H11N5O2S. The molecule has 0 saturated heterocycles. The Kier molecular flexibility index (Phi) is 3.16. The smallest absolute Gasteiger partial charge is 0.258 e. The topological polar surface area (TPSA) is 86.7 Å². The van der Waals surface area contributed by atoms with E-state index in [2.05, 4.69) is 15.5 Å². The van der Waals surface area contributed by atoms with Crippen molar-refractivity contribution in [2.24, 2.45) is 0 Å². The van der Waals surface area contributed by atoms with Crippen molar-refractivity contribution < 1.29 is 4.92 Å². The monoisotopic (exact) mass is 277 g/mol. The van der Waals surface area contributed by atoms with Gasteiger partial charge in [0.15, 0.2) is 0 Å². The largest absolute Gasteiger partial charge is 0.269 e. The van der Waals surface area contributed by atoms with Crippen molar-refractivity contribution in [1.82, 2.24) is 20.2 Å². The van der Waals surface area contributed by atoms with E-state index in [1.807, 2.05) is 4.68 Å². The molecule has 3 rings (SSSR count). The molecule has 7 nitrogen and oxygen atoms in total. The lowest BCUT2D eigenvalue weighted by molar-refractivity contribution is -0.384. The predicted octanol–water partition coefficient (Wildman–Crippen LogP) is 2.21. The van der Waals surface area contributed by atoms with Gasteiger partial charge in [-0.05, 0) is 28.8 Å². The van der Waals surface area contributed by atoms with E-state index in [-0.39, 0.29) is 5.69 Å². The summed E-state index contributed by atoms with van der Waals surface area (Å²) in [6.07, 6.45) is 2.27. The van der Waals surface area contributed by atoms with E-state index in [0.29, 0.717) is 11.8 Å². The summed E-state index contributed by atoms with van der Waals surface area (Å²) in [6, 6.07) is 7.00. The third kappa shape index (κ3) is 2.73. The van der Waals surface area contributed by atoms with Gasteiger partial charge in [-0.25, -0.2) is 4.68 Å². The molecule has 1 aromatic heterocycles. The lowest BCUT2D eigenvalue weighted by Gasteiger charge is -2.02. The molecule has 19 heavy (non-hydrogen) atoms. The van der Waals surface area contributed by atoms with Crippen molar-refractivity contribution in [3.8, 4) is 0 Å². The summed E-state index contributed by atoms with van der Waals surface area (Å²) in [4.78, 5) is 10.2. The van der Waals surface area contributed by atoms with Gasteiger partial charge in [-0.15, -0.1) is 5.10 Å². The zero-order valence-electron chi connectivity index (χ0n) is 9.97. The average molecular weight is 277 g/mol. The lowest BCUT2D eigenvalue weighted by Crippen LogP contribution is -1.98. The summed E-state index contributed by atoms with van der Waals surface area (Å²) in [5.41, 5.74) is 1.12. The van der Waals surface area contributed by atoms with Gasteiger partial charge < -0.3 is 0 Å². The standard InChI is InChI=1S/C11H11N5O2S/c17-16(18)10-3-1-8(2-4-10)7-19-11-12-13-14-15(11)9-5-6-9/h1-4,9H,5-7H2. The van der Waals surface area contributed by atoms with Crippen LogP contribution in [0.4, 0.5) is 5.69 Å². The molecule has 1 heterocycles. The number of non-ortho nitro benzene ring substituents is 1. The molecule has 1 aliphatic rings. The van der Waals surface area contributed by atoms with Crippen molar-refractivity contribution in [2.75, 3.05) is 0 Å². The highest BCUT2D eigenvalue weighted by Crippen LogP contribution is 2.36. The number of tetrazole rings is 1. The first-order valence-electron chi connectivity index (χ1n) is 5.88. The predicted molar refractivity (Wildman–Crippen MR) is 68.7 cm³/mol. The van der Waals surface area contributed by atoms with Crippen molar-refractivity contribution in [3.63, 3.8) is 0 Å². The van der Waals surface area contributed by atoms with E-state index in [1.165, 1.54) is 12.1 Å². The molecule has 1 fully saturated rings. The fourth-order valence-electron chi connectivity index (χ4n) is 1.69. The Hall–Kier alpha value is -1.96. The summed E-state index contributed by atoms with van der Waals surface area (Å²) in [7, 11) is 0. The first-order chi connectivity index (χ1) is 9.24. The molecule has 0 atom stereocenters. The Labute approximate surface area is 113 Å². The molecule has 0 spiro atoms. The van der Waals surface area contributed by atoms with Gasteiger partial charge in [0.05, 0.1) is 11.0 Å². The van der Waals surface area contributed by atoms with Crippen LogP contribution in [0.3, 0.4) is 0 Å². The minimum Gasteiger partial charge on any atom is -0.258 e. The van der Waals surface area contributed by atoms with E-state index in [1.54, 1.807) is 23.9 Å². The second-order valence-corrected chi connectivity index (χ2v) is 5.29. The lowest BCUT2D eigenvalue weighted by atomic mass is 10.2. The van der Waals surface area contributed by atoms with Gasteiger partial charge in [-0.1, -0.05) is 23.9 Å². The summed E-state index contributed by atoms with van der Waals surface area (Å²) in [5, 5.41) is 23.0. The molecule has 0 aliphatic heterocycles. The van der Waals surface area contributed by atoms with Crippen LogP contribution in [0.25, 0.3) is 0 Å². The Morgan fingerprint density at radius 1 is 1.37 bits per heavy atom. The van der Waals surface area contributed by atoms with Crippen LogP contribution in [0.2, 0.25) is 0 Å². The van der Waals surface area contributed by atoms with Crippen LogP contribution >= 0.6 is 11.8 Å². The van der Waals surface area contributed by atoms with Gasteiger partial charge in [0.25, 0.3) is 5.69 Å². The minimum absolute atomic E-state index is 0.108. The van der Waals surface area contributed by atoms with Gasteiger partial charge in [-0.3, -0.25) is 10.1 Å².